The fourth-order valence-corrected chi connectivity index (χ4v) is 4.70. The topological polar surface area (TPSA) is 140 Å². The Balaban J connectivity index is 1.58. The number of phenolic OH excluding ortho intramolecular Hbond substituents is 1. The van der Waals surface area contributed by atoms with Gasteiger partial charge >= 0.3 is 0 Å². The number of fused-ring (bicyclic) bond motifs is 1. The summed E-state index contributed by atoms with van der Waals surface area (Å²) in [7, 11) is 0. The van der Waals surface area contributed by atoms with Gasteiger partial charge < -0.3 is 35.6 Å². The van der Waals surface area contributed by atoms with Crippen molar-refractivity contribution in [3.63, 3.8) is 0 Å². The van der Waals surface area contributed by atoms with E-state index in [0.717, 1.165) is 12.1 Å². The molecule has 0 bridgehead atoms. The van der Waals surface area contributed by atoms with Crippen LogP contribution in [0.3, 0.4) is 0 Å². The number of aromatic hydroxyl groups is 1. The number of nitrogens with zero attached hydrogens (tertiary/aromatic N) is 2. The number of rotatable bonds is 4. The van der Waals surface area contributed by atoms with Gasteiger partial charge in [-0.25, -0.2) is 0 Å². The Morgan fingerprint density at radius 2 is 1.72 bits per heavy atom. The molecule has 0 aliphatic carbocycles. The fourth-order valence-electron chi connectivity index (χ4n) is 4.70. The first-order valence-corrected chi connectivity index (χ1v) is 13.2. The first-order valence-electron chi connectivity index (χ1n) is 13.2. The van der Waals surface area contributed by atoms with E-state index in [1.54, 1.807) is 41.3 Å². The maximum atomic E-state index is 13.5. The number of carbonyl (C=O) groups is 4. The Kier molecular flexibility index (Phi) is 9.37. The fraction of sp³-hybridized carbons (Fsp3) is 0.429. The zero-order chi connectivity index (χ0) is 27.8. The second-order valence-electron chi connectivity index (χ2n) is 9.62. The van der Waals surface area contributed by atoms with Gasteiger partial charge in [0.15, 0.2) is 0 Å². The normalized spacial score (nSPS) is 21.5. The lowest BCUT2D eigenvalue weighted by Crippen LogP contribution is -2.56. The van der Waals surface area contributed by atoms with Crippen LogP contribution in [0.5, 0.6) is 11.5 Å². The summed E-state index contributed by atoms with van der Waals surface area (Å²) < 4.78 is 5.78. The predicted octanol–water partition coefficient (Wildman–Crippen LogP) is 0.281. The number of ether oxygens (including phenoxy) is 1. The third-order valence-electron chi connectivity index (χ3n) is 6.94. The highest BCUT2D eigenvalue weighted by Gasteiger charge is 2.32. The van der Waals surface area contributed by atoms with E-state index in [4.69, 9.17) is 4.74 Å². The van der Waals surface area contributed by atoms with Gasteiger partial charge in [0.2, 0.25) is 17.7 Å². The number of para-hydroxylation sites is 1. The number of piperazine rings is 1. The first kappa shape index (κ1) is 27.9. The number of hydrogen-bond acceptors (Lipinski definition) is 7. The summed E-state index contributed by atoms with van der Waals surface area (Å²) in [5.41, 5.74) is 0.967. The smallest absolute Gasteiger partial charge is 0.255 e. The zero-order valence-electron chi connectivity index (χ0n) is 22.0. The molecule has 11 heteroatoms. The Labute approximate surface area is 227 Å². The summed E-state index contributed by atoms with van der Waals surface area (Å²) in [6.45, 7) is 5.59. The number of benzene rings is 2. The molecule has 4 N–H and O–H groups in total. The molecule has 0 radical (unpaired) electrons. The maximum Gasteiger partial charge on any atom is 0.255 e. The highest BCUT2D eigenvalue weighted by atomic mass is 16.5. The third-order valence-corrected chi connectivity index (χ3v) is 6.94. The quantitative estimate of drug-likeness (QED) is 0.439. The summed E-state index contributed by atoms with van der Waals surface area (Å²) in [5, 5.41) is 17.8. The van der Waals surface area contributed by atoms with E-state index in [-0.39, 0.29) is 43.2 Å². The first-order chi connectivity index (χ1) is 18.8. The number of hydrogen-bond donors (Lipinski definition) is 4. The second-order valence-corrected chi connectivity index (χ2v) is 9.62. The highest BCUT2D eigenvalue weighted by molar-refractivity contribution is 6.01. The van der Waals surface area contributed by atoms with E-state index in [0.29, 0.717) is 31.9 Å². The Hall–Kier alpha value is -4.12. The molecule has 2 aromatic carbocycles. The molecule has 0 saturated carbocycles. The van der Waals surface area contributed by atoms with Crippen molar-refractivity contribution >= 4 is 23.6 Å². The van der Waals surface area contributed by atoms with Crippen LogP contribution in [0.25, 0.3) is 0 Å². The van der Waals surface area contributed by atoms with Gasteiger partial charge in [0, 0.05) is 32.6 Å². The Morgan fingerprint density at radius 1 is 1.00 bits per heavy atom. The summed E-state index contributed by atoms with van der Waals surface area (Å²) >= 11 is 0. The Bertz CT molecular complexity index is 1180. The van der Waals surface area contributed by atoms with Crippen LogP contribution in [0, 0.1) is 0 Å². The van der Waals surface area contributed by atoms with E-state index in [2.05, 4.69) is 27.8 Å². The van der Waals surface area contributed by atoms with Crippen molar-refractivity contribution in [2.45, 2.75) is 31.8 Å². The monoisotopic (exact) mass is 537 g/mol. The van der Waals surface area contributed by atoms with Crippen LogP contribution in [0.1, 0.15) is 29.3 Å². The van der Waals surface area contributed by atoms with E-state index < -0.39 is 29.8 Å². The van der Waals surface area contributed by atoms with Crippen LogP contribution >= 0.6 is 0 Å². The summed E-state index contributed by atoms with van der Waals surface area (Å²) in [4.78, 5) is 57.0. The lowest BCUT2D eigenvalue weighted by Gasteiger charge is -2.36. The average Bonchev–Trinajstić information content (AvgIpc) is 2.95. The molecule has 0 aromatic heterocycles. The SMILES string of the molecule is CCN1CCN(C(=O)[C@@H]2CC(=O)N[C@@H](Cc3ccc(O)cc3)C(=O)NCCOc3ccccc3C(=O)N2)CC1. The number of nitrogens with one attached hydrogen (secondary N) is 3. The van der Waals surface area contributed by atoms with Crippen LogP contribution in [-0.2, 0) is 20.8 Å². The number of amides is 4. The summed E-state index contributed by atoms with van der Waals surface area (Å²) in [6.07, 6.45) is -0.160. The molecule has 2 aliphatic rings. The minimum absolute atomic E-state index is 0.0903. The highest BCUT2D eigenvalue weighted by Crippen LogP contribution is 2.19. The minimum atomic E-state index is -1.13. The standard InChI is InChI=1S/C28H35N5O6/c1-2-32-12-14-33(15-13-32)28(38)23-18-25(35)30-22(17-19-7-9-20(34)10-8-19)27(37)29-11-16-39-24-6-4-3-5-21(24)26(36)31-23/h3-10,22-23,34H,2,11-18H2,1H3,(H,29,37)(H,30,35)(H,31,36)/t22-,23-/m0/s1. The molecule has 39 heavy (non-hydrogen) atoms. The van der Waals surface area contributed by atoms with Crippen LogP contribution < -0.4 is 20.7 Å². The number of carbonyl (C=O) groups excluding carboxylic acids is 4. The molecule has 11 nitrogen and oxygen atoms in total. The van der Waals surface area contributed by atoms with E-state index in [1.165, 1.54) is 12.1 Å². The van der Waals surface area contributed by atoms with Gasteiger partial charge in [-0.05, 0) is 36.4 Å². The lowest BCUT2D eigenvalue weighted by molar-refractivity contribution is -0.137. The number of likely N-dealkylation sites (N-methyl/N-ethyl adjacent to an activating group) is 1. The molecule has 208 valence electrons. The van der Waals surface area contributed by atoms with Crippen molar-refractivity contribution in [2.75, 3.05) is 45.9 Å². The largest absolute Gasteiger partial charge is 0.508 e. The van der Waals surface area contributed by atoms with Crippen molar-refractivity contribution in [1.29, 1.82) is 0 Å². The molecule has 2 aromatic rings. The van der Waals surface area contributed by atoms with Crippen LogP contribution in [0.2, 0.25) is 0 Å². The van der Waals surface area contributed by atoms with Gasteiger partial charge in [0.05, 0.1) is 18.5 Å². The number of phenols is 1. The molecule has 0 unspecified atom stereocenters. The molecule has 2 atom stereocenters. The van der Waals surface area contributed by atoms with Gasteiger partial charge in [-0.2, -0.15) is 0 Å². The van der Waals surface area contributed by atoms with Crippen molar-refractivity contribution in [3.05, 3.63) is 59.7 Å². The molecule has 0 spiro atoms. The minimum Gasteiger partial charge on any atom is -0.508 e. The molecule has 2 heterocycles. The van der Waals surface area contributed by atoms with Crippen LogP contribution in [-0.4, -0.2) is 96.5 Å². The van der Waals surface area contributed by atoms with E-state index in [9.17, 15) is 24.3 Å². The summed E-state index contributed by atoms with van der Waals surface area (Å²) in [5.74, 6) is -1.42. The van der Waals surface area contributed by atoms with Crippen LogP contribution in [0.4, 0.5) is 0 Å². The zero-order valence-corrected chi connectivity index (χ0v) is 22.0. The van der Waals surface area contributed by atoms with Crippen molar-refractivity contribution < 1.29 is 29.0 Å². The Morgan fingerprint density at radius 3 is 2.44 bits per heavy atom. The van der Waals surface area contributed by atoms with Gasteiger partial charge in [-0.15, -0.1) is 0 Å². The molecule has 2 aliphatic heterocycles. The molecule has 4 amide bonds. The average molecular weight is 538 g/mol. The molecular formula is C28H35N5O6. The maximum absolute atomic E-state index is 13.5. The second kappa shape index (κ2) is 13.1. The van der Waals surface area contributed by atoms with Crippen molar-refractivity contribution in [3.8, 4) is 11.5 Å². The van der Waals surface area contributed by atoms with Crippen molar-refractivity contribution in [1.82, 2.24) is 25.8 Å². The van der Waals surface area contributed by atoms with Gasteiger partial charge in [-0.1, -0.05) is 31.2 Å². The molecule has 1 saturated heterocycles. The third kappa shape index (κ3) is 7.47. The van der Waals surface area contributed by atoms with Gasteiger partial charge in [-0.3, -0.25) is 19.2 Å². The van der Waals surface area contributed by atoms with Crippen LogP contribution in [0.15, 0.2) is 48.5 Å². The van der Waals surface area contributed by atoms with Gasteiger partial charge in [0.25, 0.3) is 5.91 Å². The molecule has 4 rings (SSSR count). The molecular weight excluding hydrogens is 502 g/mol. The lowest BCUT2D eigenvalue weighted by atomic mass is 10.0. The van der Waals surface area contributed by atoms with E-state index >= 15 is 0 Å². The van der Waals surface area contributed by atoms with Gasteiger partial charge in [0.1, 0.15) is 30.2 Å². The van der Waals surface area contributed by atoms with E-state index in [1.807, 2.05) is 0 Å². The van der Waals surface area contributed by atoms with Crippen molar-refractivity contribution in [2.24, 2.45) is 0 Å². The predicted molar refractivity (Wildman–Crippen MR) is 143 cm³/mol. The molecule has 1 fully saturated rings. The summed E-state index contributed by atoms with van der Waals surface area (Å²) in [6, 6.07) is 10.9.